The van der Waals surface area contributed by atoms with Gasteiger partial charge in [-0.2, -0.15) is 0 Å². The lowest BCUT2D eigenvalue weighted by atomic mass is 9.82. The molecule has 1 aromatic heterocycles. The third kappa shape index (κ3) is 3.16. The van der Waals surface area contributed by atoms with Gasteiger partial charge in [0, 0.05) is 19.8 Å². The van der Waals surface area contributed by atoms with Crippen molar-refractivity contribution in [1.82, 2.24) is 15.3 Å². The van der Waals surface area contributed by atoms with Gasteiger partial charge in [-0.3, -0.25) is 9.78 Å². The van der Waals surface area contributed by atoms with E-state index in [1.165, 1.54) is 12.4 Å². The fraction of sp³-hybridized carbons (Fsp3) is 0.583. The lowest BCUT2D eigenvalue weighted by Gasteiger charge is -2.33. The zero-order chi connectivity index (χ0) is 13.0. The Bertz CT molecular complexity index is 430. The lowest BCUT2D eigenvalue weighted by molar-refractivity contribution is 0.0238. The number of anilines is 1. The monoisotopic (exact) mass is 250 g/mol. The summed E-state index contributed by atoms with van der Waals surface area (Å²) in [6.45, 7) is 4.28. The molecular weight excluding hydrogens is 232 g/mol. The van der Waals surface area contributed by atoms with E-state index in [-0.39, 0.29) is 22.8 Å². The third-order valence-electron chi connectivity index (χ3n) is 3.26. The van der Waals surface area contributed by atoms with Gasteiger partial charge in [0.25, 0.3) is 5.91 Å². The van der Waals surface area contributed by atoms with E-state index in [9.17, 15) is 4.79 Å². The first-order valence-corrected chi connectivity index (χ1v) is 6.03. The van der Waals surface area contributed by atoms with Gasteiger partial charge in [-0.1, -0.05) is 6.92 Å². The van der Waals surface area contributed by atoms with Gasteiger partial charge in [-0.15, -0.1) is 0 Å². The van der Waals surface area contributed by atoms with Crippen molar-refractivity contribution < 1.29 is 9.53 Å². The standard InChI is InChI=1S/C12H18N4O2/c1-12(2-4-18-5-3-12)8-15-11(17)9-6-14-7-10(13)16-9/h6-7H,2-5,8H2,1H3,(H2,13,16)(H,15,17). The molecule has 2 heterocycles. The van der Waals surface area contributed by atoms with Gasteiger partial charge in [0.15, 0.2) is 0 Å². The molecule has 18 heavy (non-hydrogen) atoms. The van der Waals surface area contributed by atoms with E-state index in [1.807, 2.05) is 0 Å². The molecule has 2 rings (SSSR count). The number of hydrogen-bond donors (Lipinski definition) is 2. The summed E-state index contributed by atoms with van der Waals surface area (Å²) in [6, 6.07) is 0. The van der Waals surface area contributed by atoms with Crippen LogP contribution in [-0.2, 0) is 4.74 Å². The lowest BCUT2D eigenvalue weighted by Crippen LogP contribution is -2.39. The summed E-state index contributed by atoms with van der Waals surface area (Å²) in [4.78, 5) is 19.7. The molecule has 0 spiro atoms. The maximum atomic E-state index is 11.9. The van der Waals surface area contributed by atoms with Crippen molar-refractivity contribution in [1.29, 1.82) is 0 Å². The van der Waals surface area contributed by atoms with E-state index in [4.69, 9.17) is 10.5 Å². The van der Waals surface area contributed by atoms with Crippen molar-refractivity contribution in [2.24, 2.45) is 5.41 Å². The van der Waals surface area contributed by atoms with Gasteiger partial charge in [-0.05, 0) is 18.3 Å². The first-order chi connectivity index (χ1) is 8.59. The predicted octanol–water partition coefficient (Wildman–Crippen LogP) is 0.605. The highest BCUT2D eigenvalue weighted by Gasteiger charge is 2.28. The quantitative estimate of drug-likeness (QED) is 0.820. The number of hydrogen-bond acceptors (Lipinski definition) is 5. The molecule has 1 amide bonds. The number of nitrogens with zero attached hydrogens (tertiary/aromatic N) is 2. The molecular formula is C12H18N4O2. The average Bonchev–Trinajstić information content (AvgIpc) is 2.37. The second-order valence-electron chi connectivity index (χ2n) is 4.93. The van der Waals surface area contributed by atoms with Crippen LogP contribution in [0.5, 0.6) is 0 Å². The number of nitrogens with two attached hydrogens (primary N) is 1. The van der Waals surface area contributed by atoms with Crippen LogP contribution in [0.4, 0.5) is 5.82 Å². The highest BCUT2D eigenvalue weighted by molar-refractivity contribution is 5.92. The molecule has 1 aromatic rings. The molecule has 0 atom stereocenters. The summed E-state index contributed by atoms with van der Waals surface area (Å²) in [5.41, 5.74) is 5.85. The number of nitrogen functional groups attached to an aromatic ring is 1. The summed E-state index contributed by atoms with van der Waals surface area (Å²) >= 11 is 0. The van der Waals surface area contributed by atoms with E-state index in [1.54, 1.807) is 0 Å². The molecule has 1 fully saturated rings. The van der Waals surface area contributed by atoms with Crippen LogP contribution in [-0.4, -0.2) is 35.6 Å². The van der Waals surface area contributed by atoms with E-state index in [2.05, 4.69) is 22.2 Å². The van der Waals surface area contributed by atoms with Gasteiger partial charge in [0.1, 0.15) is 11.5 Å². The van der Waals surface area contributed by atoms with E-state index in [0.29, 0.717) is 6.54 Å². The second-order valence-corrected chi connectivity index (χ2v) is 4.93. The number of carbonyl (C=O) groups excluding carboxylic acids is 1. The molecule has 0 aliphatic carbocycles. The van der Waals surface area contributed by atoms with Crippen molar-refractivity contribution in [3.05, 3.63) is 18.1 Å². The Hall–Kier alpha value is -1.69. The van der Waals surface area contributed by atoms with E-state index < -0.39 is 0 Å². The Morgan fingerprint density at radius 2 is 2.22 bits per heavy atom. The Labute approximate surface area is 106 Å². The van der Waals surface area contributed by atoms with Crippen molar-refractivity contribution in [3.63, 3.8) is 0 Å². The first-order valence-electron chi connectivity index (χ1n) is 6.03. The number of rotatable bonds is 3. The second kappa shape index (κ2) is 5.30. The first kappa shape index (κ1) is 12.8. The molecule has 1 saturated heterocycles. The van der Waals surface area contributed by atoms with Crippen LogP contribution < -0.4 is 11.1 Å². The minimum Gasteiger partial charge on any atom is -0.382 e. The summed E-state index contributed by atoms with van der Waals surface area (Å²) < 4.78 is 5.32. The molecule has 0 bridgehead atoms. The molecule has 0 saturated carbocycles. The number of ether oxygens (including phenoxy) is 1. The van der Waals surface area contributed by atoms with Crippen LogP contribution in [0, 0.1) is 5.41 Å². The molecule has 1 aliphatic rings. The van der Waals surface area contributed by atoms with Crippen molar-refractivity contribution in [2.45, 2.75) is 19.8 Å². The Morgan fingerprint density at radius 1 is 1.50 bits per heavy atom. The van der Waals surface area contributed by atoms with Crippen LogP contribution in [0.25, 0.3) is 0 Å². The number of amides is 1. The van der Waals surface area contributed by atoms with Gasteiger partial charge in [0.2, 0.25) is 0 Å². The molecule has 0 aromatic carbocycles. The van der Waals surface area contributed by atoms with Gasteiger partial charge in [-0.25, -0.2) is 4.98 Å². The molecule has 98 valence electrons. The van der Waals surface area contributed by atoms with Crippen LogP contribution >= 0.6 is 0 Å². The maximum absolute atomic E-state index is 11.9. The highest BCUT2D eigenvalue weighted by atomic mass is 16.5. The minimum atomic E-state index is -0.234. The van der Waals surface area contributed by atoms with Crippen LogP contribution in [0.3, 0.4) is 0 Å². The largest absolute Gasteiger partial charge is 0.382 e. The summed E-state index contributed by atoms with van der Waals surface area (Å²) in [7, 11) is 0. The fourth-order valence-electron chi connectivity index (χ4n) is 1.92. The molecule has 6 nitrogen and oxygen atoms in total. The fourth-order valence-corrected chi connectivity index (χ4v) is 1.92. The minimum absolute atomic E-state index is 0.0989. The van der Waals surface area contributed by atoms with Crippen molar-refractivity contribution >= 4 is 11.7 Å². The molecule has 6 heteroatoms. The Morgan fingerprint density at radius 3 is 2.89 bits per heavy atom. The van der Waals surface area contributed by atoms with Gasteiger partial charge in [0.05, 0.1) is 12.4 Å². The Kier molecular flexibility index (Phi) is 3.76. The number of aromatic nitrogens is 2. The van der Waals surface area contributed by atoms with Gasteiger partial charge >= 0.3 is 0 Å². The maximum Gasteiger partial charge on any atom is 0.271 e. The SMILES string of the molecule is CC1(CNC(=O)c2cncc(N)n2)CCOCC1. The van der Waals surface area contributed by atoms with Crippen molar-refractivity contribution in [2.75, 3.05) is 25.5 Å². The molecule has 0 radical (unpaired) electrons. The Balaban J connectivity index is 1.92. The summed E-state index contributed by atoms with van der Waals surface area (Å²) in [5.74, 6) is 0.0162. The predicted molar refractivity (Wildman–Crippen MR) is 66.9 cm³/mol. The van der Waals surface area contributed by atoms with E-state index in [0.717, 1.165) is 26.1 Å². The van der Waals surface area contributed by atoms with Crippen molar-refractivity contribution in [3.8, 4) is 0 Å². The van der Waals surface area contributed by atoms with Crippen LogP contribution in [0.2, 0.25) is 0 Å². The normalized spacial score (nSPS) is 18.3. The van der Waals surface area contributed by atoms with Crippen LogP contribution in [0.15, 0.2) is 12.4 Å². The zero-order valence-corrected chi connectivity index (χ0v) is 10.5. The third-order valence-corrected chi connectivity index (χ3v) is 3.26. The number of carbonyl (C=O) groups is 1. The zero-order valence-electron chi connectivity index (χ0n) is 10.5. The van der Waals surface area contributed by atoms with E-state index >= 15 is 0 Å². The highest BCUT2D eigenvalue weighted by Crippen LogP contribution is 2.28. The topological polar surface area (TPSA) is 90.1 Å². The average molecular weight is 250 g/mol. The smallest absolute Gasteiger partial charge is 0.271 e. The van der Waals surface area contributed by atoms with Gasteiger partial charge < -0.3 is 15.8 Å². The molecule has 3 N–H and O–H groups in total. The molecule has 1 aliphatic heterocycles. The number of nitrogens with one attached hydrogen (secondary N) is 1. The van der Waals surface area contributed by atoms with Crippen LogP contribution in [0.1, 0.15) is 30.3 Å². The summed E-state index contributed by atoms with van der Waals surface area (Å²) in [5, 5.41) is 2.88. The molecule has 0 unspecified atom stereocenters. The summed E-state index contributed by atoms with van der Waals surface area (Å²) in [6.07, 6.45) is 4.74.